The first kappa shape index (κ1) is 5.80. The molecule has 0 amide bonds. The average molecular weight is 149 g/mol. The molecule has 0 saturated heterocycles. The van der Waals surface area contributed by atoms with E-state index in [0.29, 0.717) is 0 Å². The van der Waals surface area contributed by atoms with Gasteiger partial charge in [-0.15, -0.1) is 0 Å². The van der Waals surface area contributed by atoms with Gasteiger partial charge in [-0.25, -0.2) is 4.98 Å². The Morgan fingerprint density at radius 1 is 1.60 bits per heavy atom. The van der Waals surface area contributed by atoms with Gasteiger partial charge in [0.05, 0.1) is 5.69 Å². The Balaban J connectivity index is 2.47. The number of thioether (sulfide) groups is 1. The average Bonchev–Trinajstić information content (AvgIpc) is 2.05. The van der Waals surface area contributed by atoms with Gasteiger partial charge in [0.2, 0.25) is 0 Å². The first-order chi connectivity index (χ1) is 4.97. The van der Waals surface area contributed by atoms with Crippen LogP contribution < -0.4 is 5.32 Å². The van der Waals surface area contributed by atoms with Crippen LogP contribution in [0.4, 0.5) is 5.69 Å². The Labute approximate surface area is 63.4 Å². The van der Waals surface area contributed by atoms with Crippen LogP contribution in [0, 0.1) is 6.07 Å². The van der Waals surface area contributed by atoms with Crippen molar-refractivity contribution in [2.75, 3.05) is 5.32 Å². The molecule has 0 aromatic carbocycles. The Morgan fingerprint density at radius 3 is 3.50 bits per heavy atom. The van der Waals surface area contributed by atoms with E-state index in [1.165, 1.54) is 0 Å². The summed E-state index contributed by atoms with van der Waals surface area (Å²) >= 11 is 1.61. The number of pyridine rings is 1. The van der Waals surface area contributed by atoms with E-state index in [2.05, 4.69) is 16.4 Å². The van der Waals surface area contributed by atoms with E-state index in [1.54, 1.807) is 18.0 Å². The Hall–Kier alpha value is -0.960. The van der Waals surface area contributed by atoms with E-state index in [-0.39, 0.29) is 0 Å². The molecule has 0 atom stereocenters. The Kier molecular flexibility index (Phi) is 1.36. The van der Waals surface area contributed by atoms with Crippen LogP contribution >= 0.6 is 11.8 Å². The van der Waals surface area contributed by atoms with E-state index in [9.17, 15) is 0 Å². The van der Waals surface area contributed by atoms with Crippen molar-refractivity contribution in [2.45, 2.75) is 5.03 Å². The lowest BCUT2D eigenvalue weighted by molar-refractivity contribution is 1.13. The van der Waals surface area contributed by atoms with E-state index < -0.39 is 0 Å². The lowest BCUT2D eigenvalue weighted by Crippen LogP contribution is -1.94. The molecular weight excluding hydrogens is 144 g/mol. The van der Waals surface area contributed by atoms with Gasteiger partial charge in [-0.05, 0) is 11.5 Å². The van der Waals surface area contributed by atoms with Crippen LogP contribution in [-0.4, -0.2) is 4.98 Å². The predicted octanol–water partition coefficient (Wildman–Crippen LogP) is 1.87. The van der Waals surface area contributed by atoms with E-state index in [0.717, 1.165) is 10.7 Å². The summed E-state index contributed by atoms with van der Waals surface area (Å²) in [6.45, 7) is 0. The lowest BCUT2D eigenvalue weighted by atomic mass is 10.4. The van der Waals surface area contributed by atoms with Crippen molar-refractivity contribution in [3.63, 3.8) is 0 Å². The molecule has 1 aromatic heterocycles. The van der Waals surface area contributed by atoms with Gasteiger partial charge in [0, 0.05) is 18.5 Å². The van der Waals surface area contributed by atoms with Crippen LogP contribution in [0.25, 0.3) is 0 Å². The first-order valence-electron chi connectivity index (χ1n) is 2.91. The van der Waals surface area contributed by atoms with Crippen molar-refractivity contribution in [3.8, 4) is 0 Å². The fourth-order valence-corrected chi connectivity index (χ4v) is 1.39. The fraction of sp³-hybridized carbons (Fsp3) is 0. The van der Waals surface area contributed by atoms with E-state index in [4.69, 9.17) is 0 Å². The zero-order valence-corrected chi connectivity index (χ0v) is 5.98. The van der Waals surface area contributed by atoms with Gasteiger partial charge in [-0.3, -0.25) is 0 Å². The number of hydrogen-bond acceptors (Lipinski definition) is 3. The number of fused-ring (bicyclic) bond motifs is 1. The quantitative estimate of drug-likeness (QED) is 0.609. The molecule has 10 heavy (non-hydrogen) atoms. The van der Waals surface area contributed by atoms with Crippen LogP contribution in [0.3, 0.4) is 0 Å². The van der Waals surface area contributed by atoms with Crippen molar-refractivity contribution >= 4 is 17.4 Å². The largest absolute Gasteiger partial charge is 0.359 e. The third-order valence-corrected chi connectivity index (χ3v) is 2.02. The molecule has 3 heteroatoms. The summed E-state index contributed by atoms with van der Waals surface area (Å²) in [6, 6.07) is 4.79. The van der Waals surface area contributed by atoms with Gasteiger partial charge in [-0.1, -0.05) is 11.8 Å². The summed E-state index contributed by atoms with van der Waals surface area (Å²) in [4.78, 5) is 4.11. The summed E-state index contributed by atoms with van der Waals surface area (Å²) in [5, 5.41) is 6.05. The molecule has 0 spiro atoms. The number of nitrogens with one attached hydrogen (secondary N) is 1. The first-order valence-corrected chi connectivity index (χ1v) is 3.79. The van der Waals surface area contributed by atoms with E-state index >= 15 is 0 Å². The maximum atomic E-state index is 4.11. The number of nitrogens with zero attached hydrogens (tertiary/aromatic N) is 1. The fourth-order valence-electron chi connectivity index (χ4n) is 0.767. The Bertz CT molecular complexity index is 243. The second-order valence-corrected chi connectivity index (χ2v) is 2.75. The molecule has 2 nitrogen and oxygen atoms in total. The molecule has 0 saturated carbocycles. The summed E-state index contributed by atoms with van der Waals surface area (Å²) in [7, 11) is 0. The number of rotatable bonds is 0. The van der Waals surface area contributed by atoms with Gasteiger partial charge in [0.1, 0.15) is 5.03 Å². The van der Waals surface area contributed by atoms with Crippen molar-refractivity contribution in [1.82, 2.24) is 4.98 Å². The van der Waals surface area contributed by atoms with Crippen molar-refractivity contribution in [2.24, 2.45) is 0 Å². The molecule has 1 aliphatic heterocycles. The zero-order chi connectivity index (χ0) is 6.81. The third-order valence-electron chi connectivity index (χ3n) is 1.20. The van der Waals surface area contributed by atoms with Gasteiger partial charge in [0.25, 0.3) is 0 Å². The topological polar surface area (TPSA) is 24.9 Å². The predicted molar refractivity (Wildman–Crippen MR) is 41.7 cm³/mol. The minimum absolute atomic E-state index is 1.02. The molecule has 0 bridgehead atoms. The second-order valence-electron chi connectivity index (χ2n) is 1.85. The maximum Gasteiger partial charge on any atom is 0.124 e. The van der Waals surface area contributed by atoms with Crippen LogP contribution in [0.15, 0.2) is 28.9 Å². The lowest BCUT2D eigenvalue weighted by Gasteiger charge is -2.08. The molecule has 1 radical (unpaired) electrons. The molecular formula is C7H5N2S. The van der Waals surface area contributed by atoms with Gasteiger partial charge >= 0.3 is 0 Å². The van der Waals surface area contributed by atoms with Gasteiger partial charge in [-0.2, -0.15) is 0 Å². The summed E-state index contributed by atoms with van der Waals surface area (Å²) in [6.07, 6.45) is 3.56. The highest BCUT2D eigenvalue weighted by atomic mass is 32.2. The van der Waals surface area contributed by atoms with Crippen LogP contribution in [0.1, 0.15) is 0 Å². The molecule has 2 rings (SSSR count). The molecule has 49 valence electrons. The highest BCUT2D eigenvalue weighted by Crippen LogP contribution is 2.28. The smallest absolute Gasteiger partial charge is 0.124 e. The van der Waals surface area contributed by atoms with Crippen LogP contribution in [-0.2, 0) is 0 Å². The SMILES string of the molecule is [c]1cnc2c(c1)NC=CS2. The number of aromatic nitrogens is 1. The highest BCUT2D eigenvalue weighted by Gasteiger charge is 2.03. The standard InChI is InChI=1S/C7H5N2S/c1-2-6-7(9-3-1)10-5-4-8-6/h2-5,8H. The highest BCUT2D eigenvalue weighted by molar-refractivity contribution is 8.02. The minimum atomic E-state index is 1.02. The van der Waals surface area contributed by atoms with Gasteiger partial charge < -0.3 is 5.32 Å². The zero-order valence-electron chi connectivity index (χ0n) is 5.16. The number of anilines is 1. The summed E-state index contributed by atoms with van der Waals surface area (Å²) in [5.74, 6) is 0. The normalized spacial score (nSPS) is 14.0. The molecule has 0 fully saturated rings. The molecule has 2 heterocycles. The van der Waals surface area contributed by atoms with Gasteiger partial charge in [0.15, 0.2) is 0 Å². The van der Waals surface area contributed by atoms with Crippen molar-refractivity contribution < 1.29 is 0 Å². The number of hydrogen-bond donors (Lipinski definition) is 1. The maximum absolute atomic E-state index is 4.11. The van der Waals surface area contributed by atoms with Crippen molar-refractivity contribution in [3.05, 3.63) is 29.9 Å². The van der Waals surface area contributed by atoms with Crippen LogP contribution in [0.2, 0.25) is 0 Å². The minimum Gasteiger partial charge on any atom is -0.359 e. The van der Waals surface area contributed by atoms with E-state index in [1.807, 2.05) is 17.7 Å². The summed E-state index contributed by atoms with van der Waals surface area (Å²) < 4.78 is 0. The molecule has 1 aliphatic rings. The molecule has 1 N–H and O–H groups in total. The summed E-state index contributed by atoms with van der Waals surface area (Å²) in [5.41, 5.74) is 1.04. The van der Waals surface area contributed by atoms with Crippen molar-refractivity contribution in [1.29, 1.82) is 0 Å². The molecule has 0 unspecified atom stereocenters. The second kappa shape index (κ2) is 2.34. The monoisotopic (exact) mass is 149 g/mol. The third kappa shape index (κ3) is 0.885. The molecule has 0 aliphatic carbocycles. The van der Waals surface area contributed by atoms with Crippen LogP contribution in [0.5, 0.6) is 0 Å². The Morgan fingerprint density at radius 2 is 2.60 bits per heavy atom. The molecule has 1 aromatic rings.